The normalized spacial score (nSPS) is 11.1. The molecule has 0 saturated heterocycles. The second-order valence-electron chi connectivity index (χ2n) is 5.57. The summed E-state index contributed by atoms with van der Waals surface area (Å²) < 4.78 is 32.4. The molecule has 1 N–H and O–H groups in total. The van der Waals surface area contributed by atoms with Gasteiger partial charge in [0.1, 0.15) is 5.75 Å². The average Bonchev–Trinajstić information content (AvgIpc) is 3.00. The van der Waals surface area contributed by atoms with E-state index in [4.69, 9.17) is 4.74 Å². The van der Waals surface area contributed by atoms with E-state index in [0.29, 0.717) is 11.3 Å². The largest absolute Gasteiger partial charge is 0.496 e. The van der Waals surface area contributed by atoms with E-state index in [2.05, 4.69) is 10.3 Å². The third-order valence-corrected chi connectivity index (χ3v) is 4.01. The summed E-state index contributed by atoms with van der Waals surface area (Å²) in [5.74, 6) is 0.298. The Morgan fingerprint density at radius 3 is 2.60 bits per heavy atom. The zero-order valence-electron chi connectivity index (χ0n) is 13.8. The van der Waals surface area contributed by atoms with E-state index < -0.39 is 6.43 Å². The Bertz CT molecular complexity index is 905. The Hall–Kier alpha value is -2.96. The van der Waals surface area contributed by atoms with Gasteiger partial charge in [-0.25, -0.2) is 13.8 Å². The van der Waals surface area contributed by atoms with E-state index >= 15 is 0 Å². The molecule has 1 amide bonds. The predicted molar refractivity (Wildman–Crippen MR) is 89.8 cm³/mol. The van der Waals surface area contributed by atoms with Crippen molar-refractivity contribution in [2.75, 3.05) is 7.11 Å². The number of aryl methyl sites for hydroxylation is 1. The molecule has 3 aromatic rings. The van der Waals surface area contributed by atoms with Crippen LogP contribution in [0.3, 0.4) is 0 Å². The molecule has 5 nitrogen and oxygen atoms in total. The Kier molecular flexibility index (Phi) is 4.65. The highest BCUT2D eigenvalue weighted by Gasteiger charge is 2.14. The third-order valence-electron chi connectivity index (χ3n) is 4.01. The first kappa shape index (κ1) is 16.9. The van der Waals surface area contributed by atoms with E-state index in [1.165, 1.54) is 24.3 Å². The number of alkyl halides is 2. The zero-order valence-corrected chi connectivity index (χ0v) is 13.8. The van der Waals surface area contributed by atoms with Gasteiger partial charge in [0, 0.05) is 30.3 Å². The molecule has 0 radical (unpaired) electrons. The van der Waals surface area contributed by atoms with Crippen LogP contribution in [0, 0.1) is 0 Å². The molecule has 0 aliphatic rings. The Morgan fingerprint density at radius 2 is 1.96 bits per heavy atom. The van der Waals surface area contributed by atoms with Gasteiger partial charge in [0.15, 0.2) is 0 Å². The average molecular weight is 345 g/mol. The van der Waals surface area contributed by atoms with E-state index in [-0.39, 0.29) is 18.0 Å². The molecule has 0 fully saturated rings. The van der Waals surface area contributed by atoms with Gasteiger partial charge in [0.25, 0.3) is 12.3 Å². The topological polar surface area (TPSA) is 56.1 Å². The van der Waals surface area contributed by atoms with E-state index in [1.54, 1.807) is 19.5 Å². The van der Waals surface area contributed by atoms with Crippen LogP contribution < -0.4 is 10.1 Å². The maximum absolute atomic E-state index is 12.6. The monoisotopic (exact) mass is 345 g/mol. The first-order chi connectivity index (χ1) is 12.0. The summed E-state index contributed by atoms with van der Waals surface area (Å²) in [5.41, 5.74) is 2.68. The SMILES string of the molecule is COc1ccc2ncn(C)c2c1CNC(=O)c1ccc(C(F)F)cc1. The number of methoxy groups -OCH3 is 1. The minimum atomic E-state index is -2.55. The van der Waals surface area contributed by atoms with Crippen molar-refractivity contribution in [3.63, 3.8) is 0 Å². The van der Waals surface area contributed by atoms with Crippen molar-refractivity contribution in [3.05, 3.63) is 59.4 Å². The van der Waals surface area contributed by atoms with Crippen molar-refractivity contribution >= 4 is 16.9 Å². The fraction of sp³-hybridized carbons (Fsp3) is 0.222. The number of rotatable bonds is 5. The molecule has 0 bridgehead atoms. The Labute approximate surface area is 143 Å². The quantitative estimate of drug-likeness (QED) is 0.771. The van der Waals surface area contributed by atoms with Gasteiger partial charge >= 0.3 is 0 Å². The van der Waals surface area contributed by atoms with Crippen LogP contribution in [0.2, 0.25) is 0 Å². The van der Waals surface area contributed by atoms with Crippen molar-refractivity contribution in [2.45, 2.75) is 13.0 Å². The Balaban J connectivity index is 1.82. The minimum absolute atomic E-state index is 0.113. The smallest absolute Gasteiger partial charge is 0.263 e. The van der Waals surface area contributed by atoms with Gasteiger partial charge in [-0.05, 0) is 24.3 Å². The van der Waals surface area contributed by atoms with Gasteiger partial charge < -0.3 is 14.6 Å². The van der Waals surface area contributed by atoms with Crippen molar-refractivity contribution in [1.29, 1.82) is 0 Å². The van der Waals surface area contributed by atoms with Crippen LogP contribution in [-0.2, 0) is 13.6 Å². The zero-order chi connectivity index (χ0) is 18.0. The molecular formula is C18H17F2N3O2. The lowest BCUT2D eigenvalue weighted by Crippen LogP contribution is -2.23. The summed E-state index contributed by atoms with van der Waals surface area (Å²) in [6.07, 6.45) is -0.859. The van der Waals surface area contributed by atoms with Gasteiger partial charge in [-0.2, -0.15) is 0 Å². The summed E-state index contributed by atoms with van der Waals surface area (Å²) in [5, 5.41) is 2.80. The number of nitrogens with one attached hydrogen (secondary N) is 1. The molecule has 0 saturated carbocycles. The Morgan fingerprint density at radius 1 is 1.24 bits per heavy atom. The summed E-state index contributed by atoms with van der Waals surface area (Å²) >= 11 is 0. The second-order valence-corrected chi connectivity index (χ2v) is 5.57. The highest BCUT2D eigenvalue weighted by atomic mass is 19.3. The molecule has 0 unspecified atom stereocenters. The molecule has 0 aliphatic carbocycles. The van der Waals surface area contributed by atoms with E-state index in [9.17, 15) is 13.6 Å². The number of fused-ring (bicyclic) bond motifs is 1. The molecule has 0 atom stereocenters. The van der Waals surface area contributed by atoms with Gasteiger partial charge in [0.2, 0.25) is 0 Å². The molecule has 1 heterocycles. The molecule has 2 aromatic carbocycles. The van der Waals surface area contributed by atoms with Crippen molar-refractivity contribution in [1.82, 2.24) is 14.9 Å². The number of benzene rings is 2. The summed E-state index contributed by atoms with van der Waals surface area (Å²) in [6, 6.07) is 8.93. The fourth-order valence-electron chi connectivity index (χ4n) is 2.72. The maximum atomic E-state index is 12.6. The molecular weight excluding hydrogens is 328 g/mol. The molecule has 7 heteroatoms. The number of amides is 1. The third kappa shape index (κ3) is 3.31. The van der Waals surface area contributed by atoms with Crippen molar-refractivity contribution in [3.8, 4) is 5.75 Å². The number of halogens is 2. The number of aromatic nitrogens is 2. The summed E-state index contributed by atoms with van der Waals surface area (Å²) in [4.78, 5) is 16.6. The molecule has 0 aliphatic heterocycles. The predicted octanol–water partition coefficient (Wildman–Crippen LogP) is 3.45. The molecule has 0 spiro atoms. The lowest BCUT2D eigenvalue weighted by Gasteiger charge is -2.12. The molecule has 130 valence electrons. The van der Waals surface area contributed by atoms with E-state index in [1.807, 2.05) is 17.7 Å². The van der Waals surface area contributed by atoms with E-state index in [0.717, 1.165) is 16.6 Å². The fourth-order valence-corrected chi connectivity index (χ4v) is 2.72. The highest BCUT2D eigenvalue weighted by molar-refractivity contribution is 5.94. The van der Waals surface area contributed by atoms with Crippen LogP contribution >= 0.6 is 0 Å². The first-order valence-corrected chi connectivity index (χ1v) is 7.64. The number of nitrogens with zero attached hydrogens (tertiary/aromatic N) is 2. The lowest BCUT2D eigenvalue weighted by atomic mass is 10.1. The number of hydrogen-bond acceptors (Lipinski definition) is 3. The van der Waals surface area contributed by atoms with Crippen LogP contribution in [0.5, 0.6) is 5.75 Å². The number of hydrogen-bond donors (Lipinski definition) is 1. The lowest BCUT2D eigenvalue weighted by molar-refractivity contribution is 0.0950. The van der Waals surface area contributed by atoms with Crippen molar-refractivity contribution < 1.29 is 18.3 Å². The van der Waals surface area contributed by atoms with Gasteiger partial charge in [-0.3, -0.25) is 4.79 Å². The van der Waals surface area contributed by atoms with Crippen LogP contribution in [-0.4, -0.2) is 22.6 Å². The molecule has 25 heavy (non-hydrogen) atoms. The first-order valence-electron chi connectivity index (χ1n) is 7.64. The number of carbonyl (C=O) groups excluding carboxylic acids is 1. The van der Waals surface area contributed by atoms with Crippen molar-refractivity contribution in [2.24, 2.45) is 7.05 Å². The second kappa shape index (κ2) is 6.88. The minimum Gasteiger partial charge on any atom is -0.496 e. The van der Waals surface area contributed by atoms with Crippen LogP contribution in [0.1, 0.15) is 27.9 Å². The summed E-state index contributed by atoms with van der Waals surface area (Å²) in [7, 11) is 3.43. The van der Waals surface area contributed by atoms with Crippen LogP contribution in [0.25, 0.3) is 11.0 Å². The number of ether oxygens (including phenoxy) is 1. The van der Waals surface area contributed by atoms with Crippen LogP contribution in [0.15, 0.2) is 42.7 Å². The number of imidazole rings is 1. The standard InChI is InChI=1S/C18H17F2N3O2/c1-23-10-22-14-7-8-15(25-2)13(16(14)23)9-21-18(24)12-5-3-11(4-6-12)17(19)20/h3-8,10,17H,9H2,1-2H3,(H,21,24). The van der Waals surface area contributed by atoms with Gasteiger partial charge in [-0.1, -0.05) is 12.1 Å². The number of carbonyl (C=O) groups is 1. The van der Waals surface area contributed by atoms with Gasteiger partial charge in [-0.15, -0.1) is 0 Å². The molecule has 3 rings (SSSR count). The summed E-state index contributed by atoms with van der Waals surface area (Å²) in [6.45, 7) is 0.232. The van der Waals surface area contributed by atoms with Gasteiger partial charge in [0.05, 0.1) is 24.5 Å². The van der Waals surface area contributed by atoms with Crippen LogP contribution in [0.4, 0.5) is 8.78 Å². The highest BCUT2D eigenvalue weighted by Crippen LogP contribution is 2.27. The maximum Gasteiger partial charge on any atom is 0.263 e. The molecule has 1 aromatic heterocycles.